The third-order valence-electron chi connectivity index (χ3n) is 3.56. The molecule has 0 saturated carbocycles. The molecule has 21 heavy (non-hydrogen) atoms. The molecule has 1 aliphatic heterocycles. The average molecular weight is 398 g/mol. The van der Waals surface area contributed by atoms with E-state index in [9.17, 15) is 4.79 Å². The lowest BCUT2D eigenvalue weighted by Gasteiger charge is -2.34. The Bertz CT molecular complexity index is 464. The number of thiophene rings is 1. The third kappa shape index (κ3) is 4.58. The topological polar surface area (TPSA) is 41.6 Å². The van der Waals surface area contributed by atoms with Gasteiger partial charge in [-0.15, -0.1) is 23.7 Å². The summed E-state index contributed by atoms with van der Waals surface area (Å²) in [5.41, 5.74) is 0. The Balaban J connectivity index is 0.00000220. The Morgan fingerprint density at radius 1 is 1.52 bits per heavy atom. The monoisotopic (exact) mass is 396 g/mol. The van der Waals surface area contributed by atoms with Crippen molar-refractivity contribution in [1.29, 1.82) is 0 Å². The van der Waals surface area contributed by atoms with Crippen LogP contribution in [0.25, 0.3) is 0 Å². The molecule has 1 aliphatic rings. The van der Waals surface area contributed by atoms with Gasteiger partial charge in [-0.25, -0.2) is 0 Å². The van der Waals surface area contributed by atoms with Gasteiger partial charge in [0.15, 0.2) is 0 Å². The number of amides is 1. The van der Waals surface area contributed by atoms with Crippen LogP contribution in [0, 0.1) is 0 Å². The van der Waals surface area contributed by atoms with E-state index in [1.807, 2.05) is 11.0 Å². The van der Waals surface area contributed by atoms with Crippen molar-refractivity contribution in [2.75, 3.05) is 26.7 Å². The van der Waals surface area contributed by atoms with Crippen LogP contribution in [0.3, 0.4) is 0 Å². The van der Waals surface area contributed by atoms with Crippen molar-refractivity contribution in [3.63, 3.8) is 0 Å². The summed E-state index contributed by atoms with van der Waals surface area (Å²) in [6.07, 6.45) is 3.06. The second-order valence-corrected chi connectivity index (χ2v) is 7.30. The Morgan fingerprint density at radius 2 is 2.19 bits per heavy atom. The number of ether oxygens (including phenoxy) is 1. The lowest BCUT2D eigenvalue weighted by atomic mass is 10.0. The van der Waals surface area contributed by atoms with Gasteiger partial charge in [0.1, 0.15) is 9.54 Å². The standard InChI is InChI=1S/C14H21BrN2O2S.ClH/c1-3-8-17(10-4-6-16-7-5-10)14(18)12-9-11(19-2)13(15)20-12;/h9-10,16H,3-8H2,1-2H3;1H. The van der Waals surface area contributed by atoms with Crippen LogP contribution in [0.5, 0.6) is 5.75 Å². The Morgan fingerprint density at radius 3 is 2.71 bits per heavy atom. The first-order valence-corrected chi connectivity index (χ1v) is 8.63. The second kappa shape index (κ2) is 8.98. The van der Waals surface area contributed by atoms with Crippen molar-refractivity contribution in [3.8, 4) is 5.75 Å². The number of nitrogens with one attached hydrogen (secondary N) is 1. The fourth-order valence-electron chi connectivity index (χ4n) is 2.55. The summed E-state index contributed by atoms with van der Waals surface area (Å²) >= 11 is 4.89. The number of hydrogen-bond acceptors (Lipinski definition) is 4. The van der Waals surface area contributed by atoms with Crippen LogP contribution < -0.4 is 10.1 Å². The molecule has 0 bridgehead atoms. The molecule has 0 spiro atoms. The first kappa shape index (κ1) is 18.7. The highest BCUT2D eigenvalue weighted by molar-refractivity contribution is 9.11. The van der Waals surface area contributed by atoms with Crippen LogP contribution in [0.15, 0.2) is 9.85 Å². The van der Waals surface area contributed by atoms with E-state index >= 15 is 0 Å². The van der Waals surface area contributed by atoms with Gasteiger partial charge in [0.2, 0.25) is 0 Å². The van der Waals surface area contributed by atoms with E-state index < -0.39 is 0 Å². The molecule has 2 heterocycles. The van der Waals surface area contributed by atoms with Crippen molar-refractivity contribution in [2.45, 2.75) is 32.2 Å². The summed E-state index contributed by atoms with van der Waals surface area (Å²) in [5, 5.41) is 3.35. The van der Waals surface area contributed by atoms with E-state index in [1.54, 1.807) is 7.11 Å². The highest BCUT2D eigenvalue weighted by Crippen LogP contribution is 2.35. The molecule has 2 rings (SSSR count). The predicted octanol–water partition coefficient (Wildman–Crippen LogP) is 3.55. The number of nitrogens with zero attached hydrogens (tertiary/aromatic N) is 1. The second-order valence-electron chi connectivity index (χ2n) is 4.93. The molecule has 1 N–H and O–H groups in total. The predicted molar refractivity (Wildman–Crippen MR) is 93.0 cm³/mol. The van der Waals surface area contributed by atoms with E-state index in [0.717, 1.165) is 53.3 Å². The van der Waals surface area contributed by atoms with Gasteiger partial charge in [-0.05, 0) is 48.3 Å². The van der Waals surface area contributed by atoms with Crippen molar-refractivity contribution in [3.05, 3.63) is 14.7 Å². The normalized spacial score (nSPS) is 15.4. The summed E-state index contributed by atoms with van der Waals surface area (Å²) in [7, 11) is 1.62. The zero-order chi connectivity index (χ0) is 14.5. The highest BCUT2D eigenvalue weighted by Gasteiger charge is 2.27. The van der Waals surface area contributed by atoms with E-state index in [2.05, 4.69) is 28.2 Å². The van der Waals surface area contributed by atoms with Crippen LogP contribution >= 0.6 is 39.7 Å². The molecule has 1 aromatic rings. The Hall–Kier alpha value is -0.300. The molecule has 0 aliphatic carbocycles. The first-order chi connectivity index (χ1) is 9.67. The van der Waals surface area contributed by atoms with Gasteiger partial charge in [-0.2, -0.15) is 0 Å². The number of rotatable bonds is 5. The third-order valence-corrected chi connectivity index (χ3v) is 5.33. The molecule has 0 radical (unpaired) electrons. The molecule has 1 aromatic heterocycles. The summed E-state index contributed by atoms with van der Waals surface area (Å²) in [6, 6.07) is 2.19. The molecular weight excluding hydrogens is 376 g/mol. The van der Waals surface area contributed by atoms with Gasteiger partial charge in [0.05, 0.1) is 12.0 Å². The minimum Gasteiger partial charge on any atom is -0.495 e. The van der Waals surface area contributed by atoms with Gasteiger partial charge in [0, 0.05) is 18.7 Å². The van der Waals surface area contributed by atoms with Crippen molar-refractivity contribution in [2.24, 2.45) is 0 Å². The first-order valence-electron chi connectivity index (χ1n) is 7.02. The highest BCUT2D eigenvalue weighted by atomic mass is 79.9. The Kier molecular flexibility index (Phi) is 8.02. The maximum atomic E-state index is 12.8. The Labute approximate surface area is 144 Å². The van der Waals surface area contributed by atoms with Gasteiger partial charge in [-0.1, -0.05) is 6.92 Å². The van der Waals surface area contributed by atoms with Crippen molar-refractivity contribution < 1.29 is 9.53 Å². The molecule has 4 nitrogen and oxygen atoms in total. The lowest BCUT2D eigenvalue weighted by molar-refractivity contribution is 0.0647. The number of halogens is 2. The van der Waals surface area contributed by atoms with E-state index in [-0.39, 0.29) is 18.3 Å². The molecular formula is C14H22BrClN2O2S. The average Bonchev–Trinajstić information content (AvgIpc) is 2.86. The summed E-state index contributed by atoms with van der Waals surface area (Å²) < 4.78 is 6.12. The van der Waals surface area contributed by atoms with E-state index in [4.69, 9.17) is 4.74 Å². The van der Waals surface area contributed by atoms with Crippen LogP contribution in [-0.4, -0.2) is 43.6 Å². The van der Waals surface area contributed by atoms with E-state index in [0.29, 0.717) is 6.04 Å². The quantitative estimate of drug-likeness (QED) is 0.826. The maximum absolute atomic E-state index is 12.8. The maximum Gasteiger partial charge on any atom is 0.264 e. The molecule has 0 atom stereocenters. The summed E-state index contributed by atoms with van der Waals surface area (Å²) in [4.78, 5) is 15.5. The van der Waals surface area contributed by atoms with Crippen LogP contribution in [0.1, 0.15) is 35.9 Å². The fraction of sp³-hybridized carbons (Fsp3) is 0.643. The van der Waals surface area contributed by atoms with Crippen molar-refractivity contribution in [1.82, 2.24) is 10.2 Å². The lowest BCUT2D eigenvalue weighted by Crippen LogP contribution is -2.46. The zero-order valence-corrected chi connectivity index (χ0v) is 15.6. The summed E-state index contributed by atoms with van der Waals surface area (Å²) in [6.45, 7) is 4.93. The molecule has 1 amide bonds. The molecule has 7 heteroatoms. The minimum atomic E-state index is 0. The fourth-order valence-corrected chi connectivity index (χ4v) is 4.15. The smallest absolute Gasteiger partial charge is 0.264 e. The number of methoxy groups -OCH3 is 1. The molecule has 120 valence electrons. The molecule has 0 aromatic carbocycles. The number of piperidine rings is 1. The number of carbonyl (C=O) groups excluding carboxylic acids is 1. The SMILES string of the molecule is CCCN(C(=O)c1cc(OC)c(Br)s1)C1CCNCC1.Cl. The number of hydrogen-bond donors (Lipinski definition) is 1. The molecule has 1 fully saturated rings. The zero-order valence-electron chi connectivity index (χ0n) is 12.4. The summed E-state index contributed by atoms with van der Waals surface area (Å²) in [5.74, 6) is 0.868. The molecule has 1 saturated heterocycles. The number of carbonyl (C=O) groups is 1. The minimum absolute atomic E-state index is 0. The van der Waals surface area contributed by atoms with Crippen LogP contribution in [0.2, 0.25) is 0 Å². The van der Waals surface area contributed by atoms with E-state index in [1.165, 1.54) is 11.3 Å². The van der Waals surface area contributed by atoms with Gasteiger partial charge >= 0.3 is 0 Å². The van der Waals surface area contributed by atoms with Crippen LogP contribution in [0.4, 0.5) is 0 Å². The van der Waals surface area contributed by atoms with Gasteiger partial charge < -0.3 is 15.0 Å². The largest absolute Gasteiger partial charge is 0.495 e. The van der Waals surface area contributed by atoms with Crippen LogP contribution in [-0.2, 0) is 0 Å². The molecule has 0 unspecified atom stereocenters. The van der Waals surface area contributed by atoms with Gasteiger partial charge in [0.25, 0.3) is 5.91 Å². The van der Waals surface area contributed by atoms with Gasteiger partial charge in [-0.3, -0.25) is 4.79 Å². The van der Waals surface area contributed by atoms with Crippen molar-refractivity contribution >= 4 is 45.6 Å².